The Morgan fingerprint density at radius 1 is 1.22 bits per heavy atom. The van der Waals surface area contributed by atoms with E-state index < -0.39 is 11.6 Å². The van der Waals surface area contributed by atoms with Crippen molar-refractivity contribution in [1.82, 2.24) is 0 Å². The standard InChI is InChI=1S/C13H8BrClFNO/c14-10-5-7(1-4-12(10)17)13(18)9-6-8(15)2-3-11(9)16/h1-6H,17H2. The highest BCUT2D eigenvalue weighted by Gasteiger charge is 2.15. The summed E-state index contributed by atoms with van der Waals surface area (Å²) in [7, 11) is 0. The van der Waals surface area contributed by atoms with Crippen LogP contribution in [0.25, 0.3) is 0 Å². The first-order chi connectivity index (χ1) is 8.49. The second kappa shape index (κ2) is 5.08. The first-order valence-corrected chi connectivity index (χ1v) is 6.21. The van der Waals surface area contributed by atoms with Crippen LogP contribution in [-0.4, -0.2) is 5.78 Å². The average Bonchev–Trinajstić information content (AvgIpc) is 2.35. The van der Waals surface area contributed by atoms with E-state index in [1.807, 2.05) is 0 Å². The van der Waals surface area contributed by atoms with Crippen LogP contribution in [0.1, 0.15) is 15.9 Å². The van der Waals surface area contributed by atoms with Gasteiger partial charge in [-0.05, 0) is 52.3 Å². The van der Waals surface area contributed by atoms with Gasteiger partial charge in [0.25, 0.3) is 0 Å². The van der Waals surface area contributed by atoms with Gasteiger partial charge in [-0.25, -0.2) is 4.39 Å². The molecule has 18 heavy (non-hydrogen) atoms. The van der Waals surface area contributed by atoms with Crippen molar-refractivity contribution in [1.29, 1.82) is 0 Å². The molecule has 0 fully saturated rings. The minimum atomic E-state index is -0.600. The van der Waals surface area contributed by atoms with E-state index in [0.717, 1.165) is 0 Å². The largest absolute Gasteiger partial charge is 0.398 e. The van der Waals surface area contributed by atoms with Gasteiger partial charge in [-0.2, -0.15) is 0 Å². The van der Waals surface area contributed by atoms with Gasteiger partial charge in [-0.1, -0.05) is 11.6 Å². The van der Waals surface area contributed by atoms with Gasteiger partial charge in [-0.15, -0.1) is 0 Å². The Labute approximate surface area is 117 Å². The maximum atomic E-state index is 13.6. The van der Waals surface area contributed by atoms with Crippen molar-refractivity contribution in [2.75, 3.05) is 5.73 Å². The molecule has 0 atom stereocenters. The Balaban J connectivity index is 2.47. The lowest BCUT2D eigenvalue weighted by molar-refractivity contribution is 0.103. The molecule has 92 valence electrons. The molecule has 0 amide bonds. The molecule has 2 N–H and O–H groups in total. The summed E-state index contributed by atoms with van der Waals surface area (Å²) in [5.74, 6) is -1.03. The minimum Gasteiger partial charge on any atom is -0.398 e. The molecule has 0 unspecified atom stereocenters. The molecule has 0 saturated carbocycles. The second-order valence-corrected chi connectivity index (χ2v) is 4.98. The number of ketones is 1. The molecule has 0 aliphatic rings. The summed E-state index contributed by atoms with van der Waals surface area (Å²) in [6, 6.07) is 8.55. The normalized spacial score (nSPS) is 10.4. The summed E-state index contributed by atoms with van der Waals surface area (Å²) in [5, 5.41) is 0.314. The molecule has 0 heterocycles. The maximum absolute atomic E-state index is 13.6. The van der Waals surface area contributed by atoms with E-state index in [1.165, 1.54) is 18.2 Å². The molecule has 0 bridgehead atoms. The van der Waals surface area contributed by atoms with Gasteiger partial charge in [0.05, 0.1) is 5.56 Å². The van der Waals surface area contributed by atoms with E-state index >= 15 is 0 Å². The first-order valence-electron chi connectivity index (χ1n) is 5.04. The van der Waals surface area contributed by atoms with Crippen molar-refractivity contribution in [3.8, 4) is 0 Å². The number of anilines is 1. The maximum Gasteiger partial charge on any atom is 0.196 e. The molecule has 0 radical (unpaired) electrons. The lowest BCUT2D eigenvalue weighted by Crippen LogP contribution is -2.04. The highest BCUT2D eigenvalue weighted by atomic mass is 79.9. The first kappa shape index (κ1) is 13.1. The van der Waals surface area contributed by atoms with E-state index in [0.29, 0.717) is 20.7 Å². The zero-order valence-electron chi connectivity index (χ0n) is 9.08. The van der Waals surface area contributed by atoms with Gasteiger partial charge in [0.1, 0.15) is 5.82 Å². The SMILES string of the molecule is Nc1ccc(C(=O)c2cc(Cl)ccc2F)cc1Br. The smallest absolute Gasteiger partial charge is 0.196 e. The minimum absolute atomic E-state index is 0.0563. The summed E-state index contributed by atoms with van der Waals surface area (Å²) in [5.41, 5.74) is 6.43. The van der Waals surface area contributed by atoms with Crippen LogP contribution in [0.3, 0.4) is 0 Å². The van der Waals surface area contributed by atoms with Gasteiger partial charge in [0, 0.05) is 20.7 Å². The third-order valence-electron chi connectivity index (χ3n) is 2.44. The van der Waals surface area contributed by atoms with Gasteiger partial charge in [0.15, 0.2) is 5.78 Å². The predicted molar refractivity (Wildman–Crippen MR) is 73.4 cm³/mol. The molecular weight excluding hydrogens is 321 g/mol. The second-order valence-electron chi connectivity index (χ2n) is 3.69. The molecule has 2 rings (SSSR count). The van der Waals surface area contributed by atoms with Gasteiger partial charge < -0.3 is 5.73 Å². The molecular formula is C13H8BrClFNO. The Hall–Kier alpha value is -1.39. The monoisotopic (exact) mass is 327 g/mol. The lowest BCUT2D eigenvalue weighted by atomic mass is 10.0. The Kier molecular flexibility index (Phi) is 3.68. The number of benzene rings is 2. The molecule has 5 heteroatoms. The van der Waals surface area contributed by atoms with Crippen LogP contribution in [0, 0.1) is 5.82 Å². The summed E-state index contributed by atoms with van der Waals surface area (Å²) in [6.07, 6.45) is 0. The van der Waals surface area contributed by atoms with Gasteiger partial charge in [-0.3, -0.25) is 4.79 Å². The van der Waals surface area contributed by atoms with E-state index in [2.05, 4.69) is 15.9 Å². The highest BCUT2D eigenvalue weighted by molar-refractivity contribution is 9.10. The molecule has 0 spiro atoms. The predicted octanol–water partition coefficient (Wildman–Crippen LogP) is 4.05. The molecule has 0 aliphatic carbocycles. The number of carbonyl (C=O) groups excluding carboxylic acids is 1. The Morgan fingerprint density at radius 3 is 2.61 bits per heavy atom. The van der Waals surface area contributed by atoms with Crippen molar-refractivity contribution in [3.05, 3.63) is 62.8 Å². The van der Waals surface area contributed by atoms with E-state index in [9.17, 15) is 9.18 Å². The van der Waals surface area contributed by atoms with Crippen LogP contribution < -0.4 is 5.73 Å². The number of halogens is 3. The molecule has 0 aliphatic heterocycles. The van der Waals surface area contributed by atoms with Crippen molar-refractivity contribution < 1.29 is 9.18 Å². The number of nitrogen functional groups attached to an aromatic ring is 1. The van der Waals surface area contributed by atoms with E-state index in [4.69, 9.17) is 17.3 Å². The van der Waals surface area contributed by atoms with E-state index in [-0.39, 0.29) is 5.56 Å². The summed E-state index contributed by atoms with van der Waals surface area (Å²) >= 11 is 8.98. The third-order valence-corrected chi connectivity index (χ3v) is 3.36. The van der Waals surface area contributed by atoms with Crippen molar-refractivity contribution in [2.45, 2.75) is 0 Å². The number of nitrogens with two attached hydrogens (primary N) is 1. The average molecular weight is 329 g/mol. The number of rotatable bonds is 2. The quantitative estimate of drug-likeness (QED) is 0.667. The fourth-order valence-electron chi connectivity index (χ4n) is 1.50. The summed E-state index contributed by atoms with van der Waals surface area (Å²) < 4.78 is 14.2. The molecule has 2 aromatic carbocycles. The Bertz CT molecular complexity index is 630. The van der Waals surface area contributed by atoms with Crippen molar-refractivity contribution >= 4 is 39.0 Å². The number of carbonyl (C=O) groups is 1. The lowest BCUT2D eigenvalue weighted by Gasteiger charge is -2.05. The van der Waals surface area contributed by atoms with Crippen LogP contribution in [0.2, 0.25) is 5.02 Å². The summed E-state index contributed by atoms with van der Waals surface area (Å²) in [6.45, 7) is 0. The fraction of sp³-hybridized carbons (Fsp3) is 0. The van der Waals surface area contributed by atoms with Crippen molar-refractivity contribution in [3.63, 3.8) is 0 Å². The van der Waals surface area contributed by atoms with E-state index in [1.54, 1.807) is 18.2 Å². The van der Waals surface area contributed by atoms with Crippen LogP contribution >= 0.6 is 27.5 Å². The van der Waals surface area contributed by atoms with Crippen LogP contribution in [0.15, 0.2) is 40.9 Å². The summed E-state index contributed by atoms with van der Waals surface area (Å²) in [4.78, 5) is 12.1. The van der Waals surface area contributed by atoms with Crippen LogP contribution in [-0.2, 0) is 0 Å². The zero-order chi connectivity index (χ0) is 13.3. The van der Waals surface area contributed by atoms with Crippen LogP contribution in [0.4, 0.5) is 10.1 Å². The third kappa shape index (κ3) is 2.54. The van der Waals surface area contributed by atoms with Crippen molar-refractivity contribution in [2.24, 2.45) is 0 Å². The zero-order valence-corrected chi connectivity index (χ0v) is 11.4. The van der Waals surface area contributed by atoms with Crippen LogP contribution in [0.5, 0.6) is 0 Å². The van der Waals surface area contributed by atoms with Gasteiger partial charge >= 0.3 is 0 Å². The Morgan fingerprint density at radius 2 is 1.94 bits per heavy atom. The molecule has 2 nitrogen and oxygen atoms in total. The molecule has 0 saturated heterocycles. The fourth-order valence-corrected chi connectivity index (χ4v) is 2.05. The van der Waals surface area contributed by atoms with Gasteiger partial charge in [0.2, 0.25) is 0 Å². The molecule has 2 aromatic rings. The molecule has 0 aromatic heterocycles. The highest BCUT2D eigenvalue weighted by Crippen LogP contribution is 2.24. The number of hydrogen-bond donors (Lipinski definition) is 1. The number of hydrogen-bond acceptors (Lipinski definition) is 2. The topological polar surface area (TPSA) is 43.1 Å².